The van der Waals surface area contributed by atoms with Crippen molar-refractivity contribution < 1.29 is 13.2 Å². The van der Waals surface area contributed by atoms with Crippen LogP contribution in [0.2, 0.25) is 5.02 Å². The molecule has 3 aromatic carbocycles. The van der Waals surface area contributed by atoms with Gasteiger partial charge in [0.1, 0.15) is 6.54 Å². The molecule has 0 aliphatic heterocycles. The first-order chi connectivity index (χ1) is 14.6. The van der Waals surface area contributed by atoms with Crippen molar-refractivity contribution in [2.24, 2.45) is 0 Å². The minimum atomic E-state index is -4.00. The molecule has 0 fully saturated rings. The molecule has 7 heteroatoms. The first-order valence-corrected chi connectivity index (χ1v) is 11.6. The van der Waals surface area contributed by atoms with Gasteiger partial charge in [0.2, 0.25) is 5.91 Å². The van der Waals surface area contributed by atoms with Crippen LogP contribution in [0.3, 0.4) is 0 Å². The second-order valence-corrected chi connectivity index (χ2v) is 9.98. The summed E-state index contributed by atoms with van der Waals surface area (Å²) < 4.78 is 28.1. The summed E-state index contributed by atoms with van der Waals surface area (Å²) in [5.74, 6) is -0.444. The van der Waals surface area contributed by atoms with Crippen LogP contribution in [-0.4, -0.2) is 20.9 Å². The van der Waals surface area contributed by atoms with Gasteiger partial charge in [-0.1, -0.05) is 41.4 Å². The van der Waals surface area contributed by atoms with E-state index < -0.39 is 15.9 Å². The van der Waals surface area contributed by atoms with Gasteiger partial charge in [-0.15, -0.1) is 0 Å². The van der Waals surface area contributed by atoms with E-state index in [4.69, 9.17) is 11.6 Å². The Bertz CT molecular complexity index is 1200. The van der Waals surface area contributed by atoms with Crippen molar-refractivity contribution >= 4 is 38.9 Å². The Balaban J connectivity index is 2.00. The van der Waals surface area contributed by atoms with E-state index in [9.17, 15) is 13.2 Å². The Labute approximate surface area is 188 Å². The minimum absolute atomic E-state index is 0.108. The van der Waals surface area contributed by atoms with E-state index >= 15 is 0 Å². The van der Waals surface area contributed by atoms with Gasteiger partial charge in [0, 0.05) is 10.7 Å². The van der Waals surface area contributed by atoms with E-state index in [-0.39, 0.29) is 11.4 Å². The van der Waals surface area contributed by atoms with Crippen LogP contribution in [0.4, 0.5) is 11.4 Å². The molecule has 0 unspecified atom stereocenters. The van der Waals surface area contributed by atoms with Gasteiger partial charge in [0.05, 0.1) is 10.6 Å². The maximum atomic E-state index is 13.5. The Morgan fingerprint density at radius 3 is 2.10 bits per heavy atom. The van der Waals surface area contributed by atoms with E-state index in [2.05, 4.69) is 5.32 Å². The van der Waals surface area contributed by atoms with Gasteiger partial charge in [-0.25, -0.2) is 8.42 Å². The molecule has 0 aliphatic rings. The smallest absolute Gasteiger partial charge is 0.264 e. The normalized spacial score (nSPS) is 11.3. The fourth-order valence-corrected chi connectivity index (χ4v) is 5.01. The molecule has 3 aromatic rings. The van der Waals surface area contributed by atoms with Crippen LogP contribution in [-0.2, 0) is 14.8 Å². The Kier molecular flexibility index (Phi) is 6.72. The number of anilines is 2. The number of hydrogen-bond donors (Lipinski definition) is 1. The quantitative estimate of drug-likeness (QED) is 0.539. The molecule has 0 bridgehead atoms. The zero-order chi connectivity index (χ0) is 22.8. The number of aryl methyl sites for hydroxylation is 4. The molecule has 5 nitrogen and oxygen atoms in total. The number of benzene rings is 3. The monoisotopic (exact) mass is 456 g/mol. The van der Waals surface area contributed by atoms with E-state index in [0.717, 1.165) is 21.0 Å². The summed E-state index contributed by atoms with van der Waals surface area (Å²) in [6, 6.07) is 17.2. The number of carbonyl (C=O) groups is 1. The number of carbonyl (C=O) groups excluding carboxylic acids is 1. The number of nitrogens with one attached hydrogen (secondary N) is 1. The van der Waals surface area contributed by atoms with Crippen molar-refractivity contribution in [1.29, 1.82) is 0 Å². The summed E-state index contributed by atoms with van der Waals surface area (Å²) in [7, 11) is -4.00. The average Bonchev–Trinajstić information content (AvgIpc) is 2.67. The van der Waals surface area contributed by atoms with Gasteiger partial charge in [-0.2, -0.15) is 0 Å². The standard InChI is InChI=1S/C24H25ClN2O3S/c1-16-5-9-22(10-6-16)31(29,30)27(23-14-20(25)8-7-19(23)4)15-24(28)26-21-12-17(2)11-18(3)13-21/h5-14H,15H2,1-4H3,(H,26,28). The van der Waals surface area contributed by atoms with Crippen molar-refractivity contribution in [3.05, 3.63) is 87.9 Å². The molecule has 0 atom stereocenters. The number of rotatable bonds is 6. The molecular formula is C24H25ClN2O3S. The van der Waals surface area contributed by atoms with Crippen molar-refractivity contribution in [2.45, 2.75) is 32.6 Å². The highest BCUT2D eigenvalue weighted by molar-refractivity contribution is 7.92. The minimum Gasteiger partial charge on any atom is -0.324 e. The van der Waals surface area contributed by atoms with Crippen LogP contribution in [0.5, 0.6) is 0 Å². The summed E-state index contributed by atoms with van der Waals surface area (Å²) >= 11 is 6.16. The van der Waals surface area contributed by atoms with E-state index in [1.807, 2.05) is 39.0 Å². The lowest BCUT2D eigenvalue weighted by Crippen LogP contribution is -2.38. The summed E-state index contributed by atoms with van der Waals surface area (Å²) in [6.45, 7) is 7.15. The Hall–Kier alpha value is -2.83. The average molecular weight is 457 g/mol. The van der Waals surface area contributed by atoms with E-state index in [1.54, 1.807) is 49.4 Å². The molecule has 1 N–H and O–H groups in total. The highest BCUT2D eigenvalue weighted by Gasteiger charge is 2.28. The molecule has 0 aliphatic carbocycles. The summed E-state index contributed by atoms with van der Waals surface area (Å²) in [5, 5.41) is 3.20. The van der Waals surface area contributed by atoms with Crippen LogP contribution in [0.15, 0.2) is 65.6 Å². The maximum absolute atomic E-state index is 13.5. The van der Waals surface area contributed by atoms with E-state index in [0.29, 0.717) is 22.0 Å². The largest absolute Gasteiger partial charge is 0.324 e. The first kappa shape index (κ1) is 22.8. The Morgan fingerprint density at radius 2 is 1.48 bits per heavy atom. The van der Waals surface area contributed by atoms with Gasteiger partial charge >= 0.3 is 0 Å². The molecule has 162 valence electrons. The molecule has 1 amide bonds. The van der Waals surface area contributed by atoms with Gasteiger partial charge < -0.3 is 5.32 Å². The zero-order valence-corrected chi connectivity index (χ0v) is 19.5. The number of halogens is 1. The van der Waals surface area contributed by atoms with Gasteiger partial charge in [-0.05, 0) is 80.8 Å². The van der Waals surface area contributed by atoms with Crippen LogP contribution < -0.4 is 9.62 Å². The lowest BCUT2D eigenvalue weighted by atomic mass is 10.1. The van der Waals surface area contributed by atoms with Crippen molar-refractivity contribution in [3.8, 4) is 0 Å². The first-order valence-electron chi connectivity index (χ1n) is 9.80. The third-order valence-corrected chi connectivity index (χ3v) is 6.85. The second kappa shape index (κ2) is 9.12. The second-order valence-electron chi connectivity index (χ2n) is 7.68. The number of nitrogens with zero attached hydrogens (tertiary/aromatic N) is 1. The van der Waals surface area contributed by atoms with Gasteiger partial charge in [0.25, 0.3) is 10.0 Å². The summed E-state index contributed by atoms with van der Waals surface area (Å²) in [5.41, 5.74) is 4.63. The molecule has 0 heterocycles. The third-order valence-electron chi connectivity index (χ3n) is 4.84. The molecular weight excluding hydrogens is 432 g/mol. The predicted molar refractivity (Wildman–Crippen MR) is 126 cm³/mol. The lowest BCUT2D eigenvalue weighted by molar-refractivity contribution is -0.114. The molecule has 0 spiro atoms. The van der Waals surface area contributed by atoms with Crippen molar-refractivity contribution in [1.82, 2.24) is 0 Å². The molecule has 3 rings (SSSR count). The predicted octanol–water partition coefficient (Wildman–Crippen LogP) is 5.41. The number of sulfonamides is 1. The third kappa shape index (κ3) is 5.46. The van der Waals surface area contributed by atoms with Crippen LogP contribution >= 0.6 is 11.6 Å². The Morgan fingerprint density at radius 1 is 0.871 bits per heavy atom. The topological polar surface area (TPSA) is 66.5 Å². The van der Waals surface area contributed by atoms with Crippen molar-refractivity contribution in [2.75, 3.05) is 16.2 Å². The zero-order valence-electron chi connectivity index (χ0n) is 17.9. The molecule has 0 saturated carbocycles. The fraction of sp³-hybridized carbons (Fsp3) is 0.208. The lowest BCUT2D eigenvalue weighted by Gasteiger charge is -2.26. The van der Waals surface area contributed by atoms with Gasteiger partial charge in [-0.3, -0.25) is 9.10 Å². The summed E-state index contributed by atoms with van der Waals surface area (Å²) in [4.78, 5) is 13.0. The number of amides is 1. The number of hydrogen-bond acceptors (Lipinski definition) is 3. The molecule has 0 radical (unpaired) electrons. The van der Waals surface area contributed by atoms with Gasteiger partial charge in [0.15, 0.2) is 0 Å². The van der Waals surface area contributed by atoms with Crippen LogP contribution in [0.25, 0.3) is 0 Å². The van der Waals surface area contributed by atoms with Crippen molar-refractivity contribution in [3.63, 3.8) is 0 Å². The molecule has 31 heavy (non-hydrogen) atoms. The SMILES string of the molecule is Cc1ccc(S(=O)(=O)N(CC(=O)Nc2cc(C)cc(C)c2)c2cc(Cl)ccc2C)cc1. The van der Waals surface area contributed by atoms with Crippen LogP contribution in [0.1, 0.15) is 22.3 Å². The maximum Gasteiger partial charge on any atom is 0.264 e. The fourth-order valence-electron chi connectivity index (χ4n) is 3.37. The van der Waals surface area contributed by atoms with E-state index in [1.165, 1.54) is 0 Å². The molecule has 0 saturated heterocycles. The molecule has 0 aromatic heterocycles. The highest BCUT2D eigenvalue weighted by atomic mass is 35.5. The summed E-state index contributed by atoms with van der Waals surface area (Å²) in [6.07, 6.45) is 0. The highest BCUT2D eigenvalue weighted by Crippen LogP contribution is 2.29. The van der Waals surface area contributed by atoms with Crippen LogP contribution in [0, 0.1) is 27.7 Å².